The summed E-state index contributed by atoms with van der Waals surface area (Å²) in [6, 6.07) is 4.92. The first kappa shape index (κ1) is 15.4. The van der Waals surface area contributed by atoms with Gasteiger partial charge in [-0.2, -0.15) is 13.2 Å². The van der Waals surface area contributed by atoms with Crippen LogP contribution in [0.5, 0.6) is 0 Å². The van der Waals surface area contributed by atoms with E-state index in [2.05, 4.69) is 10.5 Å². The van der Waals surface area contributed by atoms with Crippen LogP contribution in [-0.4, -0.2) is 23.8 Å². The van der Waals surface area contributed by atoms with Gasteiger partial charge in [-0.25, -0.2) is 0 Å². The quantitative estimate of drug-likeness (QED) is 0.346. The van der Waals surface area contributed by atoms with Crippen LogP contribution in [-0.2, 0) is 0 Å². The van der Waals surface area contributed by atoms with Gasteiger partial charge in [-0.3, -0.25) is 0 Å². The number of halogens is 4. The Balaban J connectivity index is 2.85. The molecule has 0 saturated carbocycles. The van der Waals surface area contributed by atoms with Crippen LogP contribution in [0.1, 0.15) is 5.56 Å². The Labute approximate surface area is 113 Å². The van der Waals surface area contributed by atoms with Gasteiger partial charge < -0.3 is 16.3 Å². The lowest BCUT2D eigenvalue weighted by Crippen LogP contribution is -2.40. The number of nitrogens with one attached hydrogen (secondary N) is 1. The Morgan fingerprint density at radius 2 is 2.16 bits per heavy atom. The molecule has 8 heteroatoms. The first-order valence-corrected chi connectivity index (χ1v) is 5.67. The second kappa shape index (κ2) is 6.01. The topological polar surface area (TPSA) is 70.6 Å². The number of aryl methyl sites for hydroxylation is 1. The molecule has 0 fully saturated rings. The van der Waals surface area contributed by atoms with E-state index in [0.29, 0.717) is 10.7 Å². The van der Waals surface area contributed by atoms with E-state index in [1.807, 2.05) is 0 Å². The van der Waals surface area contributed by atoms with E-state index in [9.17, 15) is 13.2 Å². The maximum absolute atomic E-state index is 12.7. The number of alkyl halides is 3. The summed E-state index contributed by atoms with van der Waals surface area (Å²) in [7, 11) is 0. The van der Waals surface area contributed by atoms with E-state index in [1.54, 1.807) is 25.1 Å². The molecule has 0 aliphatic rings. The van der Waals surface area contributed by atoms with E-state index in [4.69, 9.17) is 22.5 Å². The van der Waals surface area contributed by atoms with E-state index in [-0.39, 0.29) is 0 Å². The minimum Gasteiger partial charge on any atom is -0.409 e. The molecule has 106 valence electrons. The van der Waals surface area contributed by atoms with Crippen molar-refractivity contribution in [1.29, 1.82) is 0 Å². The number of nitrogens with two attached hydrogens (primary N) is 1. The summed E-state index contributed by atoms with van der Waals surface area (Å²) in [5.41, 5.74) is 6.25. The molecule has 1 aromatic rings. The zero-order valence-electron chi connectivity index (χ0n) is 10.0. The van der Waals surface area contributed by atoms with Crippen LogP contribution >= 0.6 is 11.6 Å². The zero-order chi connectivity index (χ0) is 14.6. The number of amidine groups is 1. The summed E-state index contributed by atoms with van der Waals surface area (Å²) in [6.07, 6.45) is -4.61. The van der Waals surface area contributed by atoms with Gasteiger partial charge in [0.15, 0.2) is 5.84 Å². The third-order valence-corrected chi connectivity index (χ3v) is 2.82. The van der Waals surface area contributed by atoms with Crippen LogP contribution in [0.3, 0.4) is 0 Å². The first-order chi connectivity index (χ1) is 8.75. The van der Waals surface area contributed by atoms with Crippen molar-refractivity contribution in [3.63, 3.8) is 0 Å². The van der Waals surface area contributed by atoms with Gasteiger partial charge in [0, 0.05) is 6.54 Å². The van der Waals surface area contributed by atoms with Gasteiger partial charge in [-0.15, -0.1) is 0 Å². The van der Waals surface area contributed by atoms with Crippen molar-refractivity contribution in [3.05, 3.63) is 28.8 Å². The molecule has 1 aromatic carbocycles. The maximum atomic E-state index is 12.7. The molecule has 0 spiro atoms. The first-order valence-electron chi connectivity index (χ1n) is 5.30. The molecule has 0 saturated heterocycles. The smallest absolute Gasteiger partial charge is 0.400 e. The van der Waals surface area contributed by atoms with Gasteiger partial charge in [0.2, 0.25) is 0 Å². The summed E-state index contributed by atoms with van der Waals surface area (Å²) >= 11 is 5.85. The molecule has 0 aliphatic heterocycles. The minimum absolute atomic E-state index is 0.297. The fourth-order valence-corrected chi connectivity index (χ4v) is 1.63. The molecule has 1 rings (SSSR count). The average molecular weight is 296 g/mol. The highest BCUT2D eigenvalue weighted by atomic mass is 35.5. The molecule has 0 aromatic heterocycles. The minimum atomic E-state index is -4.61. The lowest BCUT2D eigenvalue weighted by Gasteiger charge is -2.20. The van der Waals surface area contributed by atoms with Crippen LogP contribution in [0.15, 0.2) is 23.4 Å². The Kier molecular flexibility index (Phi) is 4.88. The van der Waals surface area contributed by atoms with E-state index in [1.165, 1.54) is 0 Å². The second-order valence-electron chi connectivity index (χ2n) is 3.98. The summed E-state index contributed by atoms with van der Waals surface area (Å²) in [6.45, 7) is 1.22. The van der Waals surface area contributed by atoms with E-state index in [0.717, 1.165) is 5.56 Å². The monoisotopic (exact) mass is 295 g/mol. The standard InChI is InChI=1S/C11H13ClF3N3O/c1-6-2-3-8(12)9(4-6)17-5-7(10(16)18-19)11(13,14)15/h2-4,7,17,19H,5H2,1H3,(H2,16,18). The highest BCUT2D eigenvalue weighted by Crippen LogP contribution is 2.28. The number of rotatable bonds is 4. The summed E-state index contributed by atoms with van der Waals surface area (Å²) in [5, 5.41) is 13.6. The van der Waals surface area contributed by atoms with E-state index < -0.39 is 24.5 Å². The molecule has 0 radical (unpaired) electrons. The Morgan fingerprint density at radius 3 is 2.68 bits per heavy atom. The second-order valence-corrected chi connectivity index (χ2v) is 4.39. The van der Waals surface area contributed by atoms with Gasteiger partial charge in [0.25, 0.3) is 0 Å². The van der Waals surface area contributed by atoms with Crippen molar-refractivity contribution >= 4 is 23.1 Å². The maximum Gasteiger partial charge on any atom is 0.400 e. The molecule has 4 N–H and O–H groups in total. The van der Waals surface area contributed by atoms with Crippen molar-refractivity contribution in [2.45, 2.75) is 13.1 Å². The molecule has 0 aliphatic carbocycles. The number of hydrogen-bond donors (Lipinski definition) is 3. The summed E-state index contributed by atoms with van der Waals surface area (Å²) in [4.78, 5) is 0. The van der Waals surface area contributed by atoms with Gasteiger partial charge in [0.05, 0.1) is 10.7 Å². The lowest BCUT2D eigenvalue weighted by molar-refractivity contribution is -0.152. The number of oxime groups is 1. The predicted molar refractivity (Wildman–Crippen MR) is 67.6 cm³/mol. The van der Waals surface area contributed by atoms with Crippen molar-refractivity contribution in [3.8, 4) is 0 Å². The van der Waals surface area contributed by atoms with Crippen molar-refractivity contribution < 1.29 is 18.4 Å². The largest absolute Gasteiger partial charge is 0.409 e. The molecule has 1 atom stereocenters. The Hall–Kier alpha value is -1.63. The highest BCUT2D eigenvalue weighted by molar-refractivity contribution is 6.33. The average Bonchev–Trinajstić information content (AvgIpc) is 2.31. The van der Waals surface area contributed by atoms with Crippen molar-refractivity contribution in [1.82, 2.24) is 0 Å². The summed E-state index contributed by atoms with van der Waals surface area (Å²) in [5.74, 6) is -2.99. The van der Waals surface area contributed by atoms with Gasteiger partial charge in [-0.1, -0.05) is 22.8 Å². The fourth-order valence-electron chi connectivity index (χ4n) is 1.44. The zero-order valence-corrected chi connectivity index (χ0v) is 10.8. The van der Waals surface area contributed by atoms with Gasteiger partial charge in [-0.05, 0) is 24.6 Å². The number of nitrogens with zero attached hydrogens (tertiary/aromatic N) is 1. The van der Waals surface area contributed by atoms with Crippen LogP contribution in [0.2, 0.25) is 5.02 Å². The SMILES string of the molecule is Cc1ccc(Cl)c(NCC(/C(N)=N/O)C(F)(F)F)c1. The lowest BCUT2D eigenvalue weighted by atomic mass is 10.1. The van der Waals surface area contributed by atoms with Gasteiger partial charge in [0.1, 0.15) is 5.92 Å². The molecule has 0 amide bonds. The predicted octanol–water partition coefficient (Wildman–Crippen LogP) is 2.99. The van der Waals surface area contributed by atoms with Gasteiger partial charge >= 0.3 is 6.18 Å². The van der Waals surface area contributed by atoms with Crippen molar-refractivity contribution in [2.75, 3.05) is 11.9 Å². The van der Waals surface area contributed by atoms with Crippen molar-refractivity contribution in [2.24, 2.45) is 16.8 Å². The third-order valence-electron chi connectivity index (χ3n) is 2.49. The van der Waals surface area contributed by atoms with E-state index >= 15 is 0 Å². The fraction of sp³-hybridized carbons (Fsp3) is 0.364. The highest BCUT2D eigenvalue weighted by Gasteiger charge is 2.42. The molecule has 0 heterocycles. The number of hydrogen-bond acceptors (Lipinski definition) is 3. The molecular weight excluding hydrogens is 283 g/mol. The van der Waals surface area contributed by atoms with Crippen LogP contribution in [0.4, 0.5) is 18.9 Å². The Bertz CT molecular complexity index is 477. The summed E-state index contributed by atoms with van der Waals surface area (Å²) < 4.78 is 38.1. The normalized spacial score (nSPS) is 14.3. The molecule has 0 bridgehead atoms. The molecule has 19 heavy (non-hydrogen) atoms. The molecular formula is C11H13ClF3N3O. The van der Waals surface area contributed by atoms with Crippen LogP contribution in [0.25, 0.3) is 0 Å². The van der Waals surface area contributed by atoms with Crippen LogP contribution < -0.4 is 11.1 Å². The Morgan fingerprint density at radius 1 is 1.53 bits per heavy atom. The molecule has 1 unspecified atom stereocenters. The number of benzene rings is 1. The van der Waals surface area contributed by atoms with Crippen LogP contribution in [0, 0.1) is 12.8 Å². The molecule has 4 nitrogen and oxygen atoms in total. The third kappa shape index (κ3) is 4.20. The number of anilines is 1.